The zero-order valence-corrected chi connectivity index (χ0v) is 22.1. The molecular formula is C31H37NO7. The summed E-state index contributed by atoms with van der Waals surface area (Å²) in [4.78, 5) is 26.5. The van der Waals surface area contributed by atoms with E-state index < -0.39 is 30.1 Å². The van der Waals surface area contributed by atoms with Gasteiger partial charge < -0.3 is 29.4 Å². The van der Waals surface area contributed by atoms with Gasteiger partial charge in [0, 0.05) is 30.4 Å². The summed E-state index contributed by atoms with van der Waals surface area (Å²) in [5.74, 6) is -0.185. The molecule has 39 heavy (non-hydrogen) atoms. The first-order chi connectivity index (χ1) is 19.0. The number of aliphatic hydroxyl groups is 1. The van der Waals surface area contributed by atoms with Gasteiger partial charge in [0.25, 0.3) is 0 Å². The third-order valence-corrected chi connectivity index (χ3v) is 9.13. The number of esters is 1. The van der Waals surface area contributed by atoms with Gasteiger partial charge in [-0.05, 0) is 68.6 Å². The second kappa shape index (κ2) is 10.1. The lowest BCUT2D eigenvalue weighted by atomic mass is 9.88. The SMILES string of the molecule is O=C(NCCO)C1=C[C@H]2OC(C3CC3)(C3CC3)O[C@H]2[C@H](OC(=O)c2ccccc2C=CC2CCC3OC3C2)C1. The minimum atomic E-state index is -0.652. The Morgan fingerprint density at radius 3 is 2.59 bits per heavy atom. The first-order valence-electron chi connectivity index (χ1n) is 14.6. The van der Waals surface area contributed by atoms with Crippen molar-refractivity contribution >= 4 is 18.0 Å². The molecule has 1 amide bonds. The molecule has 0 spiro atoms. The highest BCUT2D eigenvalue weighted by Crippen LogP contribution is 2.59. The van der Waals surface area contributed by atoms with Crippen LogP contribution < -0.4 is 5.32 Å². The smallest absolute Gasteiger partial charge is 0.339 e. The van der Waals surface area contributed by atoms with Crippen LogP contribution in [0.4, 0.5) is 0 Å². The number of hydrogen-bond donors (Lipinski definition) is 2. The van der Waals surface area contributed by atoms with Crippen LogP contribution in [0.5, 0.6) is 0 Å². The van der Waals surface area contributed by atoms with Crippen molar-refractivity contribution in [3.05, 3.63) is 53.1 Å². The fraction of sp³-hybridized carbons (Fsp3) is 0.613. The van der Waals surface area contributed by atoms with Crippen molar-refractivity contribution in [3.8, 4) is 0 Å². The summed E-state index contributed by atoms with van der Waals surface area (Å²) in [7, 11) is 0. The molecule has 208 valence electrons. The van der Waals surface area contributed by atoms with Crippen LogP contribution in [0.1, 0.15) is 67.3 Å². The number of amides is 1. The van der Waals surface area contributed by atoms with Crippen LogP contribution in [-0.2, 0) is 23.7 Å². The van der Waals surface area contributed by atoms with E-state index in [4.69, 9.17) is 18.9 Å². The van der Waals surface area contributed by atoms with Gasteiger partial charge >= 0.3 is 5.97 Å². The molecule has 3 saturated carbocycles. The predicted octanol–water partition coefficient (Wildman–Crippen LogP) is 3.53. The third kappa shape index (κ3) is 5.08. The average molecular weight is 536 g/mol. The normalized spacial score (nSPS) is 34.6. The summed E-state index contributed by atoms with van der Waals surface area (Å²) < 4.78 is 25.1. The van der Waals surface area contributed by atoms with Crippen LogP contribution in [0.15, 0.2) is 42.0 Å². The number of hydrogen-bond acceptors (Lipinski definition) is 7. The van der Waals surface area contributed by atoms with Gasteiger partial charge in [0.15, 0.2) is 5.79 Å². The van der Waals surface area contributed by atoms with E-state index in [2.05, 4.69) is 11.4 Å². The minimum Gasteiger partial charge on any atom is -0.456 e. The van der Waals surface area contributed by atoms with E-state index in [-0.39, 0.29) is 25.5 Å². The Labute approximate surface area is 228 Å². The lowest BCUT2D eigenvalue weighted by Crippen LogP contribution is -2.44. The molecule has 8 heteroatoms. The summed E-state index contributed by atoms with van der Waals surface area (Å²) in [6, 6.07) is 7.49. The Hall–Kier alpha value is -2.52. The maximum atomic E-state index is 13.6. The Kier molecular flexibility index (Phi) is 6.62. The van der Waals surface area contributed by atoms with Crippen LogP contribution in [0.2, 0.25) is 0 Å². The number of carbonyl (C=O) groups excluding carboxylic acids is 2. The lowest BCUT2D eigenvalue weighted by molar-refractivity contribution is -0.209. The van der Waals surface area contributed by atoms with E-state index in [0.717, 1.165) is 50.5 Å². The van der Waals surface area contributed by atoms with Gasteiger partial charge in [-0.2, -0.15) is 0 Å². The van der Waals surface area contributed by atoms with Gasteiger partial charge in [-0.15, -0.1) is 0 Å². The van der Waals surface area contributed by atoms with Crippen molar-refractivity contribution < 1.29 is 33.6 Å². The number of rotatable bonds is 9. The molecule has 0 bridgehead atoms. The maximum Gasteiger partial charge on any atom is 0.339 e. The zero-order chi connectivity index (χ0) is 26.6. The number of aliphatic hydroxyl groups excluding tert-OH is 1. The number of nitrogens with one attached hydrogen (secondary N) is 1. The molecule has 1 aromatic rings. The fourth-order valence-electron chi connectivity index (χ4n) is 6.73. The van der Waals surface area contributed by atoms with Gasteiger partial charge in [-0.1, -0.05) is 30.4 Å². The van der Waals surface area contributed by atoms with Gasteiger partial charge in [0.2, 0.25) is 5.91 Å². The highest BCUT2D eigenvalue weighted by molar-refractivity contribution is 5.95. The second-order valence-electron chi connectivity index (χ2n) is 12.0. The average Bonchev–Trinajstić information content (AvgIpc) is 3.81. The monoisotopic (exact) mass is 535 g/mol. The van der Waals surface area contributed by atoms with Crippen LogP contribution >= 0.6 is 0 Å². The van der Waals surface area contributed by atoms with E-state index in [1.54, 1.807) is 6.07 Å². The molecule has 6 aliphatic rings. The number of carbonyl (C=O) groups is 2. The molecule has 8 nitrogen and oxygen atoms in total. The summed E-state index contributed by atoms with van der Waals surface area (Å²) in [6.07, 6.45) is 13.1. The van der Waals surface area contributed by atoms with Crippen LogP contribution in [0, 0.1) is 17.8 Å². The fourth-order valence-corrected chi connectivity index (χ4v) is 6.73. The first-order valence-corrected chi connectivity index (χ1v) is 14.6. The molecule has 5 fully saturated rings. The maximum absolute atomic E-state index is 13.6. The van der Waals surface area contributed by atoms with E-state index >= 15 is 0 Å². The summed E-state index contributed by atoms with van der Waals surface area (Å²) in [5.41, 5.74) is 1.82. The van der Waals surface area contributed by atoms with Crippen molar-refractivity contribution in [2.75, 3.05) is 13.2 Å². The Balaban J connectivity index is 1.11. The van der Waals surface area contributed by atoms with Crippen molar-refractivity contribution in [1.29, 1.82) is 0 Å². The molecule has 7 rings (SSSR count). The van der Waals surface area contributed by atoms with Gasteiger partial charge in [0.1, 0.15) is 18.3 Å². The zero-order valence-electron chi connectivity index (χ0n) is 22.1. The number of fused-ring (bicyclic) bond motifs is 2. The largest absolute Gasteiger partial charge is 0.456 e. The molecule has 3 unspecified atom stereocenters. The molecule has 2 aliphatic heterocycles. The Bertz CT molecular complexity index is 1170. The molecular weight excluding hydrogens is 498 g/mol. The molecule has 2 heterocycles. The van der Waals surface area contributed by atoms with E-state index in [1.807, 2.05) is 30.4 Å². The molecule has 2 saturated heterocycles. The highest BCUT2D eigenvalue weighted by atomic mass is 16.8. The third-order valence-electron chi connectivity index (χ3n) is 9.13. The van der Waals surface area contributed by atoms with Crippen molar-refractivity contribution in [1.82, 2.24) is 5.32 Å². The van der Waals surface area contributed by atoms with Crippen molar-refractivity contribution in [2.24, 2.45) is 17.8 Å². The summed E-state index contributed by atoms with van der Waals surface area (Å²) >= 11 is 0. The molecule has 6 atom stereocenters. The molecule has 0 radical (unpaired) electrons. The second-order valence-corrected chi connectivity index (χ2v) is 12.0. The minimum absolute atomic E-state index is 0.144. The topological polar surface area (TPSA) is 107 Å². The predicted molar refractivity (Wildman–Crippen MR) is 141 cm³/mol. The molecule has 4 aliphatic carbocycles. The first kappa shape index (κ1) is 25.4. The number of epoxide rings is 1. The van der Waals surface area contributed by atoms with Gasteiger partial charge in [-0.3, -0.25) is 4.79 Å². The molecule has 1 aromatic carbocycles. The van der Waals surface area contributed by atoms with Gasteiger partial charge in [-0.25, -0.2) is 4.79 Å². The van der Waals surface area contributed by atoms with Crippen molar-refractivity contribution in [2.45, 2.75) is 87.7 Å². The van der Waals surface area contributed by atoms with E-state index in [9.17, 15) is 14.7 Å². The molecule has 2 N–H and O–H groups in total. The highest BCUT2D eigenvalue weighted by Gasteiger charge is 2.64. The Morgan fingerprint density at radius 1 is 1.05 bits per heavy atom. The Morgan fingerprint density at radius 2 is 1.85 bits per heavy atom. The number of benzene rings is 1. The number of allylic oxidation sites excluding steroid dienone is 1. The van der Waals surface area contributed by atoms with Crippen LogP contribution in [0.25, 0.3) is 6.08 Å². The lowest BCUT2D eigenvalue weighted by Gasteiger charge is -2.31. The van der Waals surface area contributed by atoms with Gasteiger partial charge in [0.05, 0.1) is 24.4 Å². The summed E-state index contributed by atoms with van der Waals surface area (Å²) in [6.45, 7) is 0.0173. The van der Waals surface area contributed by atoms with E-state index in [0.29, 0.717) is 41.1 Å². The van der Waals surface area contributed by atoms with Crippen molar-refractivity contribution in [3.63, 3.8) is 0 Å². The standard InChI is InChI=1S/C31H37NO7/c33-14-13-32-29(34)20-16-26(28-27(17-20)38-31(39-28,21-8-9-21)22-10-11-22)37-30(35)23-4-2-1-3-19(23)7-5-18-6-12-24-25(15-18)36-24/h1-5,7,17-18,21-22,24-28,33H,6,8-16H2,(H,32,34)/t18?,24?,25?,26-,27-,28+/m1/s1. The molecule has 0 aromatic heterocycles. The van der Waals surface area contributed by atoms with Crippen LogP contribution in [-0.4, -0.2) is 66.4 Å². The quantitative estimate of drug-likeness (QED) is 0.368. The summed E-state index contributed by atoms with van der Waals surface area (Å²) in [5, 5.41) is 11.9. The number of ether oxygens (including phenoxy) is 4. The van der Waals surface area contributed by atoms with Crippen LogP contribution in [0.3, 0.4) is 0 Å². The van der Waals surface area contributed by atoms with E-state index in [1.165, 1.54) is 0 Å².